The van der Waals surface area contributed by atoms with Gasteiger partial charge in [0.05, 0.1) is 5.56 Å². The van der Waals surface area contributed by atoms with E-state index in [1.54, 1.807) is 19.1 Å². The van der Waals surface area contributed by atoms with Crippen LogP contribution in [0.25, 0.3) is 0 Å². The van der Waals surface area contributed by atoms with Gasteiger partial charge in [0.2, 0.25) is 0 Å². The van der Waals surface area contributed by atoms with Crippen LogP contribution in [0.1, 0.15) is 36.2 Å². The van der Waals surface area contributed by atoms with Crippen molar-refractivity contribution >= 4 is 5.91 Å². The lowest BCUT2D eigenvalue weighted by Gasteiger charge is -2.36. The Morgan fingerprint density at radius 3 is 2.79 bits per heavy atom. The highest BCUT2D eigenvalue weighted by Crippen LogP contribution is 2.17. The van der Waals surface area contributed by atoms with Gasteiger partial charge in [-0.25, -0.2) is 4.39 Å². The summed E-state index contributed by atoms with van der Waals surface area (Å²) in [5.74, 6) is -0.389. The number of carbonyl (C=O) groups excluding carboxylic acids is 1. The molecule has 1 aliphatic rings. The Hall–Kier alpha value is -1.42. The maximum atomic E-state index is 13.8. The molecule has 4 heteroatoms. The van der Waals surface area contributed by atoms with Crippen molar-refractivity contribution in [1.29, 1.82) is 0 Å². The fourth-order valence-electron chi connectivity index (χ4n) is 2.64. The third kappa shape index (κ3) is 3.13. The number of carbonyl (C=O) groups is 1. The molecule has 0 aromatic heterocycles. The summed E-state index contributed by atoms with van der Waals surface area (Å²) >= 11 is 0. The molecule has 1 fully saturated rings. The van der Waals surface area contributed by atoms with E-state index in [0.29, 0.717) is 5.92 Å². The Morgan fingerprint density at radius 1 is 1.42 bits per heavy atom. The van der Waals surface area contributed by atoms with Gasteiger partial charge in [-0.05, 0) is 50.4 Å². The summed E-state index contributed by atoms with van der Waals surface area (Å²) in [5, 5.41) is 6.29. The lowest BCUT2D eigenvalue weighted by molar-refractivity contribution is 0.0893. The first-order valence-corrected chi connectivity index (χ1v) is 6.79. The van der Waals surface area contributed by atoms with Crippen LogP contribution >= 0.6 is 0 Å². The topological polar surface area (TPSA) is 41.1 Å². The van der Waals surface area contributed by atoms with Crippen LogP contribution in [0.2, 0.25) is 0 Å². The number of rotatable bonds is 2. The van der Waals surface area contributed by atoms with Crippen molar-refractivity contribution in [3.05, 3.63) is 35.1 Å². The van der Waals surface area contributed by atoms with E-state index in [4.69, 9.17) is 0 Å². The number of halogens is 1. The van der Waals surface area contributed by atoms with Crippen LogP contribution in [0, 0.1) is 18.7 Å². The fourth-order valence-corrected chi connectivity index (χ4v) is 2.64. The zero-order valence-corrected chi connectivity index (χ0v) is 11.7. The van der Waals surface area contributed by atoms with Gasteiger partial charge in [0.25, 0.3) is 5.91 Å². The number of benzene rings is 1. The second kappa shape index (κ2) is 5.70. The van der Waals surface area contributed by atoms with E-state index >= 15 is 0 Å². The molecule has 1 aliphatic heterocycles. The average molecular weight is 264 g/mol. The molecule has 0 aliphatic carbocycles. The van der Waals surface area contributed by atoms with Gasteiger partial charge in [-0.2, -0.15) is 0 Å². The molecule has 2 rings (SSSR count). The number of hydrogen-bond acceptors (Lipinski definition) is 2. The van der Waals surface area contributed by atoms with Gasteiger partial charge in [0.1, 0.15) is 5.82 Å². The van der Waals surface area contributed by atoms with E-state index in [-0.39, 0.29) is 23.6 Å². The number of piperidine rings is 1. The summed E-state index contributed by atoms with van der Waals surface area (Å²) in [6, 6.07) is 4.94. The first-order chi connectivity index (χ1) is 8.99. The summed E-state index contributed by atoms with van der Waals surface area (Å²) in [7, 11) is 0. The molecule has 0 saturated carbocycles. The molecule has 1 aromatic rings. The van der Waals surface area contributed by atoms with E-state index < -0.39 is 5.82 Å². The van der Waals surface area contributed by atoms with Crippen LogP contribution in [0.15, 0.2) is 18.2 Å². The Bertz CT molecular complexity index is 465. The highest BCUT2D eigenvalue weighted by atomic mass is 19.1. The van der Waals surface area contributed by atoms with Crippen LogP contribution in [-0.4, -0.2) is 24.5 Å². The van der Waals surface area contributed by atoms with Crippen LogP contribution in [0.3, 0.4) is 0 Å². The number of hydrogen-bond donors (Lipinski definition) is 2. The van der Waals surface area contributed by atoms with Crippen molar-refractivity contribution in [2.75, 3.05) is 6.54 Å². The molecular formula is C15H21FN2O. The summed E-state index contributed by atoms with van der Waals surface area (Å²) in [6.07, 6.45) is 1.02. The largest absolute Gasteiger partial charge is 0.347 e. The molecule has 3 nitrogen and oxygen atoms in total. The first kappa shape index (κ1) is 14.0. The molecule has 1 aromatic carbocycles. The monoisotopic (exact) mass is 264 g/mol. The third-order valence-electron chi connectivity index (χ3n) is 3.88. The van der Waals surface area contributed by atoms with Crippen molar-refractivity contribution in [2.45, 2.75) is 39.3 Å². The second-order valence-electron chi connectivity index (χ2n) is 5.49. The smallest absolute Gasteiger partial charge is 0.254 e. The standard InChI is InChI=1S/C15H21FN2O/c1-9-4-5-12(13(16)8-9)15(19)18-14-10(2)6-7-17-11(14)3/h4-5,8,10-11,14,17H,6-7H2,1-3H3,(H,18,19). The molecule has 1 amide bonds. The minimum absolute atomic E-state index is 0.0435. The van der Waals surface area contributed by atoms with Crippen LogP contribution in [0.5, 0.6) is 0 Å². The van der Waals surface area contributed by atoms with Crippen LogP contribution < -0.4 is 10.6 Å². The highest BCUT2D eigenvalue weighted by molar-refractivity contribution is 5.94. The van der Waals surface area contributed by atoms with Crippen molar-refractivity contribution in [3.63, 3.8) is 0 Å². The van der Waals surface area contributed by atoms with Crippen molar-refractivity contribution in [3.8, 4) is 0 Å². The van der Waals surface area contributed by atoms with Gasteiger partial charge < -0.3 is 10.6 Å². The maximum Gasteiger partial charge on any atom is 0.254 e. The molecule has 104 valence electrons. The van der Waals surface area contributed by atoms with Gasteiger partial charge in [-0.3, -0.25) is 4.79 Å². The summed E-state index contributed by atoms with van der Waals surface area (Å²) < 4.78 is 13.8. The quantitative estimate of drug-likeness (QED) is 0.860. The van der Waals surface area contributed by atoms with Gasteiger partial charge >= 0.3 is 0 Å². The molecule has 0 bridgehead atoms. The predicted molar refractivity (Wildman–Crippen MR) is 73.6 cm³/mol. The van der Waals surface area contributed by atoms with Crippen molar-refractivity contribution in [2.24, 2.45) is 5.92 Å². The third-order valence-corrected chi connectivity index (χ3v) is 3.88. The van der Waals surface area contributed by atoms with Crippen LogP contribution in [-0.2, 0) is 0 Å². The fraction of sp³-hybridized carbons (Fsp3) is 0.533. The maximum absolute atomic E-state index is 13.8. The second-order valence-corrected chi connectivity index (χ2v) is 5.49. The molecule has 0 radical (unpaired) electrons. The zero-order chi connectivity index (χ0) is 14.0. The van der Waals surface area contributed by atoms with Gasteiger partial charge in [0, 0.05) is 12.1 Å². The Morgan fingerprint density at radius 2 is 2.16 bits per heavy atom. The molecule has 2 N–H and O–H groups in total. The lowest BCUT2D eigenvalue weighted by atomic mass is 9.89. The minimum atomic E-state index is -0.457. The molecule has 1 heterocycles. The minimum Gasteiger partial charge on any atom is -0.347 e. The van der Waals surface area contributed by atoms with Crippen LogP contribution in [0.4, 0.5) is 4.39 Å². The van der Waals surface area contributed by atoms with E-state index in [1.165, 1.54) is 6.07 Å². The number of aryl methyl sites for hydroxylation is 1. The molecule has 0 spiro atoms. The Balaban J connectivity index is 2.11. The average Bonchev–Trinajstić information content (AvgIpc) is 2.33. The van der Waals surface area contributed by atoms with Crippen molar-refractivity contribution < 1.29 is 9.18 Å². The summed E-state index contributed by atoms with van der Waals surface area (Å²) in [4.78, 5) is 12.2. The number of nitrogens with one attached hydrogen (secondary N) is 2. The predicted octanol–water partition coefficient (Wildman–Crippen LogP) is 2.25. The normalized spacial score (nSPS) is 27.1. The van der Waals surface area contributed by atoms with Gasteiger partial charge in [0.15, 0.2) is 0 Å². The van der Waals surface area contributed by atoms with E-state index in [1.807, 2.05) is 6.92 Å². The molecule has 3 unspecified atom stereocenters. The summed E-state index contributed by atoms with van der Waals surface area (Å²) in [5.41, 5.74) is 0.936. The number of amides is 1. The SMILES string of the molecule is Cc1ccc(C(=O)NC2C(C)CCNC2C)c(F)c1. The first-order valence-electron chi connectivity index (χ1n) is 6.79. The van der Waals surface area contributed by atoms with E-state index in [9.17, 15) is 9.18 Å². The lowest BCUT2D eigenvalue weighted by Crippen LogP contribution is -2.56. The van der Waals surface area contributed by atoms with Gasteiger partial charge in [-0.1, -0.05) is 13.0 Å². The molecule has 19 heavy (non-hydrogen) atoms. The molecular weight excluding hydrogens is 243 g/mol. The van der Waals surface area contributed by atoms with E-state index in [0.717, 1.165) is 18.5 Å². The highest BCUT2D eigenvalue weighted by Gasteiger charge is 2.29. The Kier molecular flexibility index (Phi) is 4.20. The molecule has 3 atom stereocenters. The molecule has 1 saturated heterocycles. The van der Waals surface area contributed by atoms with Gasteiger partial charge in [-0.15, -0.1) is 0 Å². The van der Waals surface area contributed by atoms with E-state index in [2.05, 4.69) is 17.6 Å². The zero-order valence-electron chi connectivity index (χ0n) is 11.7. The Labute approximate surface area is 113 Å². The summed E-state index contributed by atoms with van der Waals surface area (Å²) in [6.45, 7) is 6.94. The van der Waals surface area contributed by atoms with Crippen molar-refractivity contribution in [1.82, 2.24) is 10.6 Å².